The van der Waals surface area contributed by atoms with E-state index in [-0.39, 0.29) is 10.8 Å². The number of hydrogen-bond donors (Lipinski definition) is 0. The van der Waals surface area contributed by atoms with Gasteiger partial charge in [0.05, 0.1) is 5.56 Å². The second-order valence-electron chi connectivity index (χ2n) is 10.1. The van der Waals surface area contributed by atoms with Gasteiger partial charge in [0, 0.05) is 32.7 Å². The summed E-state index contributed by atoms with van der Waals surface area (Å²) in [5.41, 5.74) is 7.73. The minimum absolute atomic E-state index is 0.00629. The van der Waals surface area contributed by atoms with Gasteiger partial charge in [-0.1, -0.05) is 27.7 Å². The van der Waals surface area contributed by atoms with Gasteiger partial charge >= 0.3 is 0 Å². The molecule has 1 aliphatic rings. The zero-order valence-electron chi connectivity index (χ0n) is 21.7. The SMILES string of the molecule is [2H]C([2H])([2H])c1ccc(-c2c(C)c3c(c4c2oc2ncccc24)C(C)(C)CCC3(C)C)[n+](C)c1. The topological polar surface area (TPSA) is 29.9 Å². The molecule has 0 amide bonds. The minimum atomic E-state index is -2.15. The normalized spacial score (nSPS) is 19.3. The van der Waals surface area contributed by atoms with E-state index in [1.807, 2.05) is 23.7 Å². The number of aromatic nitrogens is 2. The first-order chi connectivity index (χ1) is 15.3. The quantitative estimate of drug-likeness (QED) is 0.343. The summed E-state index contributed by atoms with van der Waals surface area (Å²) in [5, 5.41) is 2.18. The van der Waals surface area contributed by atoms with Crippen LogP contribution in [0.3, 0.4) is 0 Å². The summed E-state index contributed by atoms with van der Waals surface area (Å²) in [6, 6.07) is 7.69. The van der Waals surface area contributed by atoms with E-state index in [1.54, 1.807) is 18.5 Å². The lowest BCUT2D eigenvalue weighted by Gasteiger charge is -2.43. The Kier molecular flexibility index (Phi) is 3.30. The maximum absolute atomic E-state index is 7.80. The van der Waals surface area contributed by atoms with E-state index in [9.17, 15) is 0 Å². The molecular formula is C27H31N2O+. The number of pyridine rings is 2. The molecule has 154 valence electrons. The van der Waals surface area contributed by atoms with Crippen molar-refractivity contribution in [2.45, 2.75) is 65.1 Å². The Morgan fingerprint density at radius 1 is 1.07 bits per heavy atom. The summed E-state index contributed by atoms with van der Waals surface area (Å²) in [6.07, 6.45) is 5.69. The van der Waals surface area contributed by atoms with Gasteiger partial charge in [0.15, 0.2) is 11.8 Å². The fraction of sp³-hybridized carbons (Fsp3) is 0.407. The van der Waals surface area contributed by atoms with Crippen LogP contribution in [-0.2, 0) is 17.9 Å². The Morgan fingerprint density at radius 2 is 1.80 bits per heavy atom. The zero-order valence-corrected chi connectivity index (χ0v) is 18.7. The number of rotatable bonds is 1. The van der Waals surface area contributed by atoms with E-state index in [2.05, 4.69) is 45.7 Å². The van der Waals surface area contributed by atoms with E-state index < -0.39 is 6.85 Å². The van der Waals surface area contributed by atoms with Crippen LogP contribution < -0.4 is 4.57 Å². The first-order valence-corrected chi connectivity index (χ1v) is 10.7. The molecule has 3 aromatic heterocycles. The highest BCUT2D eigenvalue weighted by atomic mass is 16.3. The second kappa shape index (κ2) is 6.16. The largest absolute Gasteiger partial charge is 0.437 e. The monoisotopic (exact) mass is 402 g/mol. The predicted octanol–water partition coefficient (Wildman–Crippen LogP) is 6.44. The second-order valence-corrected chi connectivity index (χ2v) is 10.1. The van der Waals surface area contributed by atoms with E-state index >= 15 is 0 Å². The molecule has 5 rings (SSSR count). The van der Waals surface area contributed by atoms with Crippen LogP contribution in [0.1, 0.15) is 66.9 Å². The molecule has 0 N–H and O–H groups in total. The van der Waals surface area contributed by atoms with Gasteiger partial charge in [-0.3, -0.25) is 0 Å². The first-order valence-electron chi connectivity index (χ1n) is 12.2. The van der Waals surface area contributed by atoms with Gasteiger partial charge in [-0.15, -0.1) is 0 Å². The third-order valence-electron chi connectivity index (χ3n) is 7.06. The van der Waals surface area contributed by atoms with Gasteiger partial charge in [0.25, 0.3) is 0 Å². The molecule has 4 aromatic rings. The fourth-order valence-corrected chi connectivity index (χ4v) is 5.54. The fourth-order valence-electron chi connectivity index (χ4n) is 5.54. The van der Waals surface area contributed by atoms with Crippen LogP contribution in [0.25, 0.3) is 33.3 Å². The maximum atomic E-state index is 7.80. The van der Waals surface area contributed by atoms with Crippen LogP contribution in [0.15, 0.2) is 41.1 Å². The number of hydrogen-bond acceptors (Lipinski definition) is 2. The van der Waals surface area contributed by atoms with Crippen LogP contribution in [0, 0.1) is 13.8 Å². The standard InChI is InChI=1S/C27H31N2O/c1-16-10-11-19(29(7)15-16)20-17(2)22-23(27(5,6)13-12-26(22,3)4)21-18-9-8-14-28-25(18)30-24(20)21/h8-11,14-15H,12-13H2,1-7H3/q+1/i1D3. The summed E-state index contributed by atoms with van der Waals surface area (Å²) in [4.78, 5) is 4.54. The molecule has 1 aliphatic carbocycles. The number of benzene rings is 1. The molecule has 30 heavy (non-hydrogen) atoms. The molecule has 0 fully saturated rings. The van der Waals surface area contributed by atoms with E-state index in [1.165, 1.54) is 16.7 Å². The highest BCUT2D eigenvalue weighted by molar-refractivity contribution is 6.12. The summed E-state index contributed by atoms with van der Waals surface area (Å²) in [5.74, 6) is 0. The van der Waals surface area contributed by atoms with Crippen LogP contribution in [0.5, 0.6) is 0 Å². The van der Waals surface area contributed by atoms with Crippen molar-refractivity contribution in [2.75, 3.05) is 0 Å². The van der Waals surface area contributed by atoms with Crippen LogP contribution in [-0.4, -0.2) is 4.98 Å². The van der Waals surface area contributed by atoms with Crippen molar-refractivity contribution in [3.63, 3.8) is 0 Å². The van der Waals surface area contributed by atoms with Gasteiger partial charge in [0.1, 0.15) is 7.05 Å². The van der Waals surface area contributed by atoms with E-state index in [4.69, 9.17) is 8.53 Å². The highest BCUT2D eigenvalue weighted by Crippen LogP contribution is 2.53. The summed E-state index contributed by atoms with van der Waals surface area (Å²) < 4.78 is 31.8. The number of furan rings is 1. The Bertz CT molecular complexity index is 1430. The molecule has 3 heterocycles. The Morgan fingerprint density at radius 3 is 2.50 bits per heavy atom. The Balaban J connectivity index is 1.98. The van der Waals surface area contributed by atoms with Crippen LogP contribution in [0.4, 0.5) is 0 Å². The van der Waals surface area contributed by atoms with Gasteiger partial charge in [-0.25, -0.2) is 9.55 Å². The van der Waals surface area contributed by atoms with Crippen molar-refractivity contribution < 1.29 is 13.1 Å². The highest BCUT2D eigenvalue weighted by Gasteiger charge is 2.42. The van der Waals surface area contributed by atoms with E-state index in [0.717, 1.165) is 40.5 Å². The van der Waals surface area contributed by atoms with Crippen LogP contribution in [0.2, 0.25) is 0 Å². The van der Waals surface area contributed by atoms with Crippen molar-refractivity contribution in [3.8, 4) is 11.3 Å². The third-order valence-corrected chi connectivity index (χ3v) is 7.06. The van der Waals surface area contributed by atoms with Crippen molar-refractivity contribution in [3.05, 3.63) is 58.9 Å². The lowest BCUT2D eigenvalue weighted by atomic mass is 9.60. The summed E-state index contributed by atoms with van der Waals surface area (Å²) in [6.45, 7) is 9.38. The van der Waals surface area contributed by atoms with Crippen molar-refractivity contribution in [1.82, 2.24) is 4.98 Å². The molecule has 3 heteroatoms. The number of aryl methyl sites for hydroxylation is 2. The summed E-state index contributed by atoms with van der Waals surface area (Å²) in [7, 11) is 1.91. The molecule has 3 nitrogen and oxygen atoms in total. The predicted molar refractivity (Wildman–Crippen MR) is 123 cm³/mol. The minimum Gasteiger partial charge on any atom is -0.437 e. The van der Waals surface area contributed by atoms with Gasteiger partial charge in [0.2, 0.25) is 11.4 Å². The van der Waals surface area contributed by atoms with Crippen molar-refractivity contribution in [2.24, 2.45) is 7.05 Å². The molecule has 0 saturated carbocycles. The van der Waals surface area contributed by atoms with Crippen molar-refractivity contribution >= 4 is 22.1 Å². The van der Waals surface area contributed by atoms with Crippen molar-refractivity contribution in [1.29, 1.82) is 0 Å². The Hall–Kier alpha value is -2.68. The number of nitrogens with zero attached hydrogens (tertiary/aromatic N) is 2. The smallest absolute Gasteiger partial charge is 0.227 e. The molecule has 0 aliphatic heterocycles. The molecule has 0 radical (unpaired) electrons. The molecule has 0 saturated heterocycles. The molecule has 0 unspecified atom stereocenters. The van der Waals surface area contributed by atoms with Crippen LogP contribution >= 0.6 is 0 Å². The van der Waals surface area contributed by atoms with E-state index in [0.29, 0.717) is 11.3 Å². The molecule has 1 aromatic carbocycles. The molecule has 0 spiro atoms. The maximum Gasteiger partial charge on any atom is 0.227 e. The van der Waals surface area contributed by atoms with Gasteiger partial charge in [-0.05, 0) is 72.3 Å². The third kappa shape index (κ3) is 2.57. The van der Waals surface area contributed by atoms with Gasteiger partial charge < -0.3 is 4.42 Å². The lowest BCUT2D eigenvalue weighted by molar-refractivity contribution is -0.660. The average Bonchev–Trinajstić information content (AvgIpc) is 3.09. The lowest BCUT2D eigenvalue weighted by Crippen LogP contribution is -2.36. The zero-order chi connectivity index (χ0) is 23.9. The average molecular weight is 403 g/mol. The molecule has 0 bridgehead atoms. The number of fused-ring (bicyclic) bond motifs is 5. The Labute approximate surface area is 183 Å². The molecular weight excluding hydrogens is 368 g/mol. The first kappa shape index (κ1) is 16.1. The van der Waals surface area contributed by atoms with Gasteiger partial charge in [-0.2, -0.15) is 0 Å². The summed E-state index contributed by atoms with van der Waals surface area (Å²) >= 11 is 0. The molecule has 0 atom stereocenters.